The van der Waals surface area contributed by atoms with Crippen LogP contribution < -0.4 is 5.32 Å². The molecule has 0 saturated carbocycles. The predicted octanol–water partition coefficient (Wildman–Crippen LogP) is 2.57. The van der Waals surface area contributed by atoms with Crippen LogP contribution in [0.15, 0.2) is 24.3 Å². The van der Waals surface area contributed by atoms with Crippen molar-refractivity contribution in [3.8, 4) is 0 Å². The maximum atomic E-state index is 13.2. The largest absolute Gasteiger partial charge is 0.307 e. The summed E-state index contributed by atoms with van der Waals surface area (Å²) >= 11 is 0. The van der Waals surface area contributed by atoms with E-state index in [9.17, 15) is 4.39 Å². The quantitative estimate of drug-likeness (QED) is 0.884. The molecule has 2 bridgehead atoms. The first kappa shape index (κ1) is 12.1. The van der Waals surface area contributed by atoms with Crippen molar-refractivity contribution in [1.82, 2.24) is 10.2 Å². The van der Waals surface area contributed by atoms with Crippen molar-refractivity contribution < 1.29 is 4.39 Å². The fraction of sp³-hybridized carbons (Fsp3) is 0.600. The first-order valence-electron chi connectivity index (χ1n) is 6.96. The second-order valence-corrected chi connectivity index (χ2v) is 5.69. The molecule has 1 aromatic carbocycles. The summed E-state index contributed by atoms with van der Waals surface area (Å²) in [6, 6.07) is 7.78. The summed E-state index contributed by atoms with van der Waals surface area (Å²) < 4.78 is 13.2. The number of benzene rings is 1. The third kappa shape index (κ3) is 2.43. The zero-order valence-electron chi connectivity index (χ0n) is 10.9. The molecule has 3 rings (SSSR count). The highest BCUT2D eigenvalue weighted by molar-refractivity contribution is 5.19. The van der Waals surface area contributed by atoms with Crippen molar-refractivity contribution in [2.24, 2.45) is 5.92 Å². The smallest absolute Gasteiger partial charge is 0.123 e. The fourth-order valence-corrected chi connectivity index (χ4v) is 3.36. The van der Waals surface area contributed by atoms with Crippen LogP contribution in [0.1, 0.15) is 31.4 Å². The van der Waals surface area contributed by atoms with Crippen molar-refractivity contribution >= 4 is 0 Å². The van der Waals surface area contributed by atoms with Crippen molar-refractivity contribution in [2.45, 2.75) is 31.8 Å². The van der Waals surface area contributed by atoms with E-state index in [1.807, 2.05) is 6.07 Å². The monoisotopic (exact) mass is 248 g/mol. The molecular weight excluding hydrogens is 227 g/mol. The van der Waals surface area contributed by atoms with Gasteiger partial charge in [-0.2, -0.15) is 0 Å². The van der Waals surface area contributed by atoms with Gasteiger partial charge in [0.2, 0.25) is 0 Å². The Labute approximate surface area is 108 Å². The zero-order valence-corrected chi connectivity index (χ0v) is 10.9. The molecule has 98 valence electrons. The molecule has 0 amide bonds. The Morgan fingerprint density at radius 3 is 3.00 bits per heavy atom. The van der Waals surface area contributed by atoms with Gasteiger partial charge in [0.05, 0.1) is 0 Å². The second-order valence-electron chi connectivity index (χ2n) is 5.69. The highest BCUT2D eigenvalue weighted by atomic mass is 19.1. The number of nitrogens with one attached hydrogen (secondary N) is 1. The highest BCUT2D eigenvalue weighted by Gasteiger charge is 2.34. The molecule has 4 unspecified atom stereocenters. The number of fused-ring (bicyclic) bond motifs is 2. The number of nitrogens with zero attached hydrogens (tertiary/aromatic N) is 1. The predicted molar refractivity (Wildman–Crippen MR) is 70.9 cm³/mol. The lowest BCUT2D eigenvalue weighted by Crippen LogP contribution is -2.44. The van der Waals surface area contributed by atoms with Gasteiger partial charge in [-0.3, -0.25) is 0 Å². The minimum Gasteiger partial charge on any atom is -0.307 e. The molecule has 3 heteroatoms. The summed E-state index contributed by atoms with van der Waals surface area (Å²) in [4.78, 5) is 2.55. The Bertz CT molecular complexity index is 421. The minimum atomic E-state index is -0.142. The summed E-state index contributed by atoms with van der Waals surface area (Å²) in [5, 5.41) is 3.70. The molecular formula is C15H21FN2. The number of hydrogen-bond acceptors (Lipinski definition) is 2. The Morgan fingerprint density at radius 1 is 1.33 bits per heavy atom. The average Bonchev–Trinajstić information content (AvgIpc) is 2.76. The van der Waals surface area contributed by atoms with E-state index in [1.54, 1.807) is 12.1 Å². The molecule has 2 nitrogen and oxygen atoms in total. The summed E-state index contributed by atoms with van der Waals surface area (Å²) in [5.41, 5.74) is 1.05. The van der Waals surface area contributed by atoms with Crippen molar-refractivity contribution in [2.75, 3.05) is 19.6 Å². The van der Waals surface area contributed by atoms with Crippen molar-refractivity contribution in [3.05, 3.63) is 35.6 Å². The molecule has 1 N–H and O–H groups in total. The van der Waals surface area contributed by atoms with Gasteiger partial charge in [0.1, 0.15) is 5.82 Å². The zero-order chi connectivity index (χ0) is 12.5. The lowest BCUT2D eigenvalue weighted by atomic mass is 9.93. The van der Waals surface area contributed by atoms with Crippen LogP contribution in [0, 0.1) is 11.7 Å². The van der Waals surface area contributed by atoms with Crippen LogP contribution in [-0.4, -0.2) is 30.6 Å². The normalized spacial score (nSPS) is 32.4. The van der Waals surface area contributed by atoms with Crippen LogP contribution in [0.25, 0.3) is 0 Å². The van der Waals surface area contributed by atoms with Gasteiger partial charge in [-0.15, -0.1) is 0 Å². The van der Waals surface area contributed by atoms with Gasteiger partial charge in [0.25, 0.3) is 0 Å². The van der Waals surface area contributed by atoms with Gasteiger partial charge < -0.3 is 10.2 Å². The standard InChI is InChI=1S/C15H21FN2/c1-11(12-3-2-4-14(16)9-12)17-15-6-8-18-7-5-13(15)10-18/h2-4,9,11,13,15,17H,5-8,10H2,1H3. The third-order valence-corrected chi connectivity index (χ3v) is 4.45. The van der Waals surface area contributed by atoms with Gasteiger partial charge in [0, 0.05) is 18.6 Å². The van der Waals surface area contributed by atoms with E-state index in [4.69, 9.17) is 0 Å². The lowest BCUT2D eigenvalue weighted by Gasteiger charge is -2.33. The molecule has 2 aliphatic rings. The van der Waals surface area contributed by atoms with Gasteiger partial charge in [-0.05, 0) is 56.5 Å². The van der Waals surface area contributed by atoms with Crippen LogP contribution >= 0.6 is 0 Å². The topological polar surface area (TPSA) is 15.3 Å². The van der Waals surface area contributed by atoms with Crippen molar-refractivity contribution in [3.63, 3.8) is 0 Å². The number of piperidine rings is 1. The Kier molecular flexibility index (Phi) is 3.35. The van der Waals surface area contributed by atoms with E-state index in [1.165, 1.54) is 38.5 Å². The third-order valence-electron chi connectivity index (χ3n) is 4.45. The van der Waals surface area contributed by atoms with Gasteiger partial charge >= 0.3 is 0 Å². The molecule has 2 saturated heterocycles. The van der Waals surface area contributed by atoms with E-state index < -0.39 is 0 Å². The van der Waals surface area contributed by atoms with E-state index in [-0.39, 0.29) is 11.9 Å². The second kappa shape index (κ2) is 4.98. The molecule has 0 aliphatic carbocycles. The van der Waals surface area contributed by atoms with Crippen molar-refractivity contribution in [1.29, 1.82) is 0 Å². The number of rotatable bonds is 3. The van der Waals surface area contributed by atoms with Crippen LogP contribution in [0.3, 0.4) is 0 Å². The number of hydrogen-bond donors (Lipinski definition) is 1. The first-order valence-corrected chi connectivity index (χ1v) is 6.96. The molecule has 4 atom stereocenters. The summed E-state index contributed by atoms with van der Waals surface area (Å²) in [7, 11) is 0. The van der Waals surface area contributed by atoms with Crippen LogP contribution in [0.5, 0.6) is 0 Å². The maximum absolute atomic E-state index is 13.2. The van der Waals surface area contributed by atoms with Gasteiger partial charge in [-0.1, -0.05) is 12.1 Å². The maximum Gasteiger partial charge on any atom is 0.123 e. The molecule has 2 fully saturated rings. The Hall–Kier alpha value is -0.930. The average molecular weight is 248 g/mol. The first-order chi connectivity index (χ1) is 8.72. The Balaban J connectivity index is 1.65. The summed E-state index contributed by atoms with van der Waals surface area (Å²) in [6.07, 6.45) is 2.54. The highest BCUT2D eigenvalue weighted by Crippen LogP contribution is 2.28. The molecule has 0 radical (unpaired) electrons. The molecule has 0 aromatic heterocycles. The SMILES string of the molecule is CC(NC1CCN2CCC1C2)c1cccc(F)c1. The van der Waals surface area contributed by atoms with Crippen LogP contribution in [0.4, 0.5) is 4.39 Å². The van der Waals surface area contributed by atoms with Crippen LogP contribution in [0.2, 0.25) is 0 Å². The van der Waals surface area contributed by atoms with Crippen LogP contribution in [-0.2, 0) is 0 Å². The molecule has 1 aromatic rings. The van der Waals surface area contributed by atoms with E-state index in [0.29, 0.717) is 6.04 Å². The van der Waals surface area contributed by atoms with Gasteiger partial charge in [0.15, 0.2) is 0 Å². The van der Waals surface area contributed by atoms with E-state index >= 15 is 0 Å². The van der Waals surface area contributed by atoms with E-state index in [2.05, 4.69) is 17.1 Å². The Morgan fingerprint density at radius 2 is 2.17 bits per heavy atom. The van der Waals surface area contributed by atoms with Gasteiger partial charge in [-0.25, -0.2) is 4.39 Å². The number of halogens is 1. The fourth-order valence-electron chi connectivity index (χ4n) is 3.36. The summed E-state index contributed by atoms with van der Waals surface area (Å²) in [5.74, 6) is 0.645. The molecule has 2 heterocycles. The summed E-state index contributed by atoms with van der Waals surface area (Å²) in [6.45, 7) is 5.85. The van der Waals surface area contributed by atoms with E-state index in [0.717, 1.165) is 11.5 Å². The molecule has 18 heavy (non-hydrogen) atoms. The molecule has 2 aliphatic heterocycles. The minimum absolute atomic E-state index is 0.142. The lowest BCUT2D eigenvalue weighted by molar-refractivity contribution is 0.212. The molecule has 0 spiro atoms.